The zero-order valence-electron chi connectivity index (χ0n) is 11.8. The molecule has 0 aromatic heterocycles. The first-order valence-electron chi connectivity index (χ1n) is 6.17. The molecule has 0 heterocycles. The highest BCUT2D eigenvalue weighted by molar-refractivity contribution is 9.10. The van der Waals surface area contributed by atoms with Crippen molar-refractivity contribution in [1.29, 1.82) is 0 Å². The van der Waals surface area contributed by atoms with Gasteiger partial charge in [-0.3, -0.25) is 0 Å². The minimum absolute atomic E-state index is 0.400. The molecule has 1 N–H and O–H groups in total. The molecule has 0 unspecified atom stereocenters. The molecule has 1 amide bonds. The maximum Gasteiger partial charge on any atom is 0.407 e. The van der Waals surface area contributed by atoms with Crippen molar-refractivity contribution in [2.75, 3.05) is 6.54 Å². The van der Waals surface area contributed by atoms with Crippen molar-refractivity contribution in [3.05, 3.63) is 39.9 Å². The quantitative estimate of drug-likeness (QED) is 0.899. The average molecular weight is 326 g/mol. The van der Waals surface area contributed by atoms with E-state index >= 15 is 0 Å². The number of ether oxygens (including phenoxy) is 1. The highest BCUT2D eigenvalue weighted by atomic mass is 79.9. The molecule has 19 heavy (non-hydrogen) atoms. The van der Waals surface area contributed by atoms with Crippen molar-refractivity contribution >= 4 is 28.1 Å². The average Bonchev–Trinajstić information content (AvgIpc) is 2.20. The number of hydrogen-bond acceptors (Lipinski definition) is 2. The van der Waals surface area contributed by atoms with Gasteiger partial charge in [0.15, 0.2) is 0 Å². The number of halogens is 1. The minimum Gasteiger partial charge on any atom is -0.444 e. The molecule has 0 saturated carbocycles. The fourth-order valence-corrected chi connectivity index (χ4v) is 2.14. The van der Waals surface area contributed by atoms with Crippen LogP contribution >= 0.6 is 15.9 Å². The van der Waals surface area contributed by atoms with Crippen LogP contribution in [0.15, 0.2) is 28.7 Å². The van der Waals surface area contributed by atoms with Gasteiger partial charge in [-0.15, -0.1) is 0 Å². The third-order valence-electron chi connectivity index (χ3n) is 2.14. The second-order valence-electron chi connectivity index (χ2n) is 5.35. The van der Waals surface area contributed by atoms with Crippen molar-refractivity contribution < 1.29 is 9.53 Å². The van der Waals surface area contributed by atoms with Crippen molar-refractivity contribution in [3.8, 4) is 0 Å². The van der Waals surface area contributed by atoms with E-state index in [1.54, 1.807) is 0 Å². The van der Waals surface area contributed by atoms with E-state index in [-0.39, 0.29) is 0 Å². The van der Waals surface area contributed by atoms with Gasteiger partial charge >= 0.3 is 6.09 Å². The summed E-state index contributed by atoms with van der Waals surface area (Å²) >= 11 is 3.45. The van der Waals surface area contributed by atoms with E-state index in [2.05, 4.69) is 33.4 Å². The van der Waals surface area contributed by atoms with Crippen LogP contribution in [0, 0.1) is 6.92 Å². The van der Waals surface area contributed by atoms with Gasteiger partial charge in [-0.2, -0.15) is 0 Å². The van der Waals surface area contributed by atoms with Gasteiger partial charge in [0.25, 0.3) is 0 Å². The molecule has 0 atom stereocenters. The molecule has 0 saturated heterocycles. The zero-order chi connectivity index (χ0) is 14.5. The Kier molecular flexibility index (Phi) is 5.60. The number of nitrogens with one attached hydrogen (secondary N) is 1. The van der Waals surface area contributed by atoms with E-state index in [1.165, 1.54) is 5.56 Å². The van der Waals surface area contributed by atoms with Gasteiger partial charge in [0.2, 0.25) is 0 Å². The summed E-state index contributed by atoms with van der Waals surface area (Å²) in [4.78, 5) is 11.4. The Morgan fingerprint density at radius 1 is 1.37 bits per heavy atom. The van der Waals surface area contributed by atoms with Gasteiger partial charge in [-0.05, 0) is 51.0 Å². The SMILES string of the molecule is Cc1cc(Br)cc(C=CCNC(=O)OC(C)(C)C)c1. The summed E-state index contributed by atoms with van der Waals surface area (Å²) in [6.45, 7) is 8.01. The molecule has 1 aromatic rings. The summed E-state index contributed by atoms with van der Waals surface area (Å²) in [5, 5.41) is 2.68. The molecule has 0 aliphatic heterocycles. The zero-order valence-corrected chi connectivity index (χ0v) is 13.4. The number of carbonyl (C=O) groups is 1. The van der Waals surface area contributed by atoms with Crippen molar-refractivity contribution in [2.45, 2.75) is 33.3 Å². The summed E-state index contributed by atoms with van der Waals surface area (Å²) in [7, 11) is 0. The maximum atomic E-state index is 11.4. The van der Waals surface area contributed by atoms with Crippen LogP contribution in [-0.2, 0) is 4.74 Å². The first-order valence-corrected chi connectivity index (χ1v) is 6.96. The topological polar surface area (TPSA) is 38.3 Å². The first-order chi connectivity index (χ1) is 8.76. The number of alkyl carbamates (subject to hydrolysis) is 1. The first kappa shape index (κ1) is 15.8. The van der Waals surface area contributed by atoms with Crippen LogP contribution in [0.2, 0.25) is 0 Å². The molecule has 0 aliphatic carbocycles. The minimum atomic E-state index is -0.463. The molecule has 104 valence electrons. The third kappa shape index (κ3) is 7.01. The summed E-state index contributed by atoms with van der Waals surface area (Å²) in [5.41, 5.74) is 1.82. The number of carbonyl (C=O) groups excluding carboxylic acids is 1. The Balaban J connectivity index is 2.44. The van der Waals surface area contributed by atoms with Crippen LogP contribution < -0.4 is 5.32 Å². The Morgan fingerprint density at radius 3 is 2.63 bits per heavy atom. The summed E-state index contributed by atoms with van der Waals surface area (Å²) in [5.74, 6) is 0. The highest BCUT2D eigenvalue weighted by Gasteiger charge is 2.14. The summed E-state index contributed by atoms with van der Waals surface area (Å²) < 4.78 is 6.19. The smallest absolute Gasteiger partial charge is 0.407 e. The fourth-order valence-electron chi connectivity index (χ4n) is 1.51. The molecular weight excluding hydrogens is 306 g/mol. The van der Waals surface area contributed by atoms with Gasteiger partial charge in [-0.25, -0.2) is 4.79 Å². The highest BCUT2D eigenvalue weighted by Crippen LogP contribution is 2.16. The van der Waals surface area contributed by atoms with Crippen LogP contribution in [0.5, 0.6) is 0 Å². The Morgan fingerprint density at radius 2 is 2.05 bits per heavy atom. The molecular formula is C15H20BrNO2. The normalized spacial score (nSPS) is 11.6. The van der Waals surface area contributed by atoms with Gasteiger partial charge in [-0.1, -0.05) is 34.1 Å². The number of benzene rings is 1. The Labute approximate surface area is 123 Å². The maximum absolute atomic E-state index is 11.4. The standard InChI is InChI=1S/C15H20BrNO2/c1-11-8-12(10-13(16)9-11)6-5-7-17-14(18)19-15(2,3)4/h5-6,8-10H,7H2,1-4H3,(H,17,18). The lowest BCUT2D eigenvalue weighted by Gasteiger charge is -2.19. The molecule has 3 nitrogen and oxygen atoms in total. The largest absolute Gasteiger partial charge is 0.444 e. The van der Waals surface area contributed by atoms with Crippen molar-refractivity contribution in [2.24, 2.45) is 0 Å². The van der Waals surface area contributed by atoms with Crippen LogP contribution in [0.1, 0.15) is 31.9 Å². The van der Waals surface area contributed by atoms with E-state index in [1.807, 2.05) is 45.9 Å². The molecule has 0 bridgehead atoms. The van der Waals surface area contributed by atoms with Crippen LogP contribution in [0.3, 0.4) is 0 Å². The fraction of sp³-hybridized carbons (Fsp3) is 0.400. The van der Waals surface area contributed by atoms with Gasteiger partial charge < -0.3 is 10.1 Å². The monoisotopic (exact) mass is 325 g/mol. The Hall–Kier alpha value is -1.29. The van der Waals surface area contributed by atoms with E-state index in [9.17, 15) is 4.79 Å². The second-order valence-corrected chi connectivity index (χ2v) is 6.26. The summed E-state index contributed by atoms with van der Waals surface area (Å²) in [6.07, 6.45) is 3.46. The van der Waals surface area contributed by atoms with Crippen LogP contribution in [0.4, 0.5) is 4.79 Å². The van der Waals surface area contributed by atoms with Crippen molar-refractivity contribution in [1.82, 2.24) is 5.32 Å². The number of rotatable bonds is 3. The van der Waals surface area contributed by atoms with Crippen molar-refractivity contribution in [3.63, 3.8) is 0 Å². The van der Waals surface area contributed by atoms with Crippen LogP contribution in [0.25, 0.3) is 6.08 Å². The molecule has 0 aliphatic rings. The lowest BCUT2D eigenvalue weighted by molar-refractivity contribution is 0.0534. The van der Waals surface area contributed by atoms with E-state index < -0.39 is 11.7 Å². The van der Waals surface area contributed by atoms with Crippen LogP contribution in [-0.4, -0.2) is 18.2 Å². The van der Waals surface area contributed by atoms with Gasteiger partial charge in [0, 0.05) is 11.0 Å². The van der Waals surface area contributed by atoms with E-state index in [0.29, 0.717) is 6.54 Å². The number of aryl methyl sites for hydroxylation is 1. The lowest BCUT2D eigenvalue weighted by Crippen LogP contribution is -2.32. The third-order valence-corrected chi connectivity index (χ3v) is 2.60. The Bertz CT molecular complexity index is 455. The number of hydrogen-bond donors (Lipinski definition) is 1. The molecule has 0 fully saturated rings. The molecule has 0 spiro atoms. The molecule has 1 rings (SSSR count). The lowest BCUT2D eigenvalue weighted by atomic mass is 10.1. The predicted octanol–water partition coefficient (Wildman–Crippen LogP) is 4.30. The molecule has 4 heteroatoms. The molecule has 0 radical (unpaired) electrons. The second kappa shape index (κ2) is 6.75. The van der Waals surface area contributed by atoms with Gasteiger partial charge in [0.1, 0.15) is 5.60 Å². The number of amides is 1. The van der Waals surface area contributed by atoms with E-state index in [4.69, 9.17) is 4.74 Å². The molecule has 1 aromatic carbocycles. The van der Waals surface area contributed by atoms with E-state index in [0.717, 1.165) is 10.0 Å². The summed E-state index contributed by atoms with van der Waals surface area (Å²) in [6, 6.07) is 6.15. The van der Waals surface area contributed by atoms with Gasteiger partial charge in [0.05, 0.1) is 0 Å². The predicted molar refractivity (Wildman–Crippen MR) is 82.1 cm³/mol.